The van der Waals surface area contributed by atoms with Crippen molar-refractivity contribution in [3.63, 3.8) is 0 Å². The zero-order valence-corrected chi connectivity index (χ0v) is 12.6. The van der Waals surface area contributed by atoms with Crippen LogP contribution in [-0.4, -0.2) is 40.2 Å². The van der Waals surface area contributed by atoms with Gasteiger partial charge in [0.1, 0.15) is 0 Å². The van der Waals surface area contributed by atoms with Crippen LogP contribution in [0.1, 0.15) is 26.2 Å². The van der Waals surface area contributed by atoms with E-state index in [0.29, 0.717) is 12.5 Å². The maximum absolute atomic E-state index is 11.7. The third-order valence-corrected chi connectivity index (χ3v) is 4.40. The second kappa shape index (κ2) is 7.41. The number of rotatable bonds is 6. The summed E-state index contributed by atoms with van der Waals surface area (Å²) >= 11 is 0. The Kier molecular flexibility index (Phi) is 5.56. The highest BCUT2D eigenvalue weighted by Crippen LogP contribution is 2.25. The number of piperidine rings is 1. The Hall–Kier alpha value is -1.62. The lowest BCUT2D eigenvalue weighted by Crippen LogP contribution is -2.40. The van der Waals surface area contributed by atoms with Crippen molar-refractivity contribution < 1.29 is 9.90 Å². The minimum Gasteiger partial charge on any atom is -0.481 e. The third-order valence-electron chi connectivity index (χ3n) is 4.40. The molecule has 0 radical (unpaired) electrons. The van der Waals surface area contributed by atoms with E-state index in [-0.39, 0.29) is 17.9 Å². The van der Waals surface area contributed by atoms with Crippen LogP contribution >= 0.6 is 0 Å². The molecule has 0 bridgehead atoms. The predicted octanol–water partition coefficient (Wildman–Crippen LogP) is 1.67. The lowest BCUT2D eigenvalue weighted by atomic mass is 9.85. The predicted molar refractivity (Wildman–Crippen MR) is 81.3 cm³/mol. The number of pyridine rings is 1. The monoisotopic (exact) mass is 292 g/mol. The van der Waals surface area contributed by atoms with Crippen molar-refractivity contribution in [3.8, 4) is 0 Å². The van der Waals surface area contributed by atoms with Gasteiger partial charge in [0.25, 0.3) is 5.56 Å². The van der Waals surface area contributed by atoms with E-state index in [0.717, 1.165) is 32.5 Å². The highest BCUT2D eigenvalue weighted by molar-refractivity contribution is 5.67. The van der Waals surface area contributed by atoms with E-state index in [1.54, 1.807) is 16.7 Å². The number of carboxylic acids is 1. The molecule has 116 valence electrons. The van der Waals surface area contributed by atoms with Gasteiger partial charge in [0.15, 0.2) is 0 Å². The number of nitrogens with zero attached hydrogens (tertiary/aromatic N) is 2. The molecule has 5 heteroatoms. The number of carbonyl (C=O) groups is 1. The first-order valence-corrected chi connectivity index (χ1v) is 7.66. The second-order valence-electron chi connectivity index (χ2n) is 6.01. The Morgan fingerprint density at radius 3 is 2.95 bits per heavy atom. The molecular formula is C16H24N2O3. The minimum atomic E-state index is -0.713. The van der Waals surface area contributed by atoms with E-state index in [9.17, 15) is 9.59 Å². The van der Waals surface area contributed by atoms with E-state index in [2.05, 4.69) is 4.90 Å². The average Bonchev–Trinajstić information content (AvgIpc) is 2.46. The molecule has 1 aliphatic heterocycles. The van der Waals surface area contributed by atoms with Crippen LogP contribution in [0.4, 0.5) is 0 Å². The first-order valence-electron chi connectivity index (χ1n) is 7.66. The van der Waals surface area contributed by atoms with Crippen LogP contribution in [0.25, 0.3) is 0 Å². The Labute approximate surface area is 125 Å². The Morgan fingerprint density at radius 2 is 2.24 bits per heavy atom. The fourth-order valence-electron chi connectivity index (χ4n) is 3.10. The van der Waals surface area contributed by atoms with E-state index in [1.807, 2.05) is 19.2 Å². The van der Waals surface area contributed by atoms with Gasteiger partial charge in [0.05, 0.1) is 0 Å². The highest BCUT2D eigenvalue weighted by Gasteiger charge is 2.25. The van der Waals surface area contributed by atoms with Crippen molar-refractivity contribution in [1.82, 2.24) is 9.47 Å². The van der Waals surface area contributed by atoms with Gasteiger partial charge in [-0.25, -0.2) is 0 Å². The highest BCUT2D eigenvalue weighted by atomic mass is 16.4. The number of aliphatic carboxylic acids is 1. The Balaban J connectivity index is 1.85. The Bertz CT molecular complexity index is 526. The topological polar surface area (TPSA) is 62.5 Å². The van der Waals surface area contributed by atoms with Gasteiger partial charge in [0.2, 0.25) is 0 Å². The summed E-state index contributed by atoms with van der Waals surface area (Å²) in [6.07, 6.45) is 4.28. The summed E-state index contributed by atoms with van der Waals surface area (Å²) in [5, 5.41) is 8.91. The Morgan fingerprint density at radius 1 is 1.43 bits per heavy atom. The molecule has 0 saturated carbocycles. The average molecular weight is 292 g/mol. The molecule has 0 spiro atoms. The van der Waals surface area contributed by atoms with Gasteiger partial charge >= 0.3 is 5.97 Å². The van der Waals surface area contributed by atoms with Gasteiger partial charge in [-0.3, -0.25) is 9.59 Å². The molecule has 1 fully saturated rings. The summed E-state index contributed by atoms with van der Waals surface area (Å²) in [5.41, 5.74) is 0.0327. The largest absolute Gasteiger partial charge is 0.481 e. The van der Waals surface area contributed by atoms with Crippen LogP contribution in [0.2, 0.25) is 0 Å². The van der Waals surface area contributed by atoms with Crippen molar-refractivity contribution in [2.45, 2.75) is 32.7 Å². The fraction of sp³-hybridized carbons (Fsp3) is 0.625. The molecule has 2 atom stereocenters. The third kappa shape index (κ3) is 4.70. The minimum absolute atomic E-state index is 0.0327. The second-order valence-corrected chi connectivity index (χ2v) is 6.01. The molecule has 2 unspecified atom stereocenters. The quantitative estimate of drug-likeness (QED) is 0.866. The zero-order valence-electron chi connectivity index (χ0n) is 12.6. The van der Waals surface area contributed by atoms with Crippen molar-refractivity contribution in [3.05, 3.63) is 34.7 Å². The molecule has 1 saturated heterocycles. The number of aromatic nitrogens is 1. The first kappa shape index (κ1) is 15.8. The molecule has 1 aromatic heterocycles. The van der Waals surface area contributed by atoms with E-state index < -0.39 is 5.97 Å². The van der Waals surface area contributed by atoms with Crippen molar-refractivity contribution in [1.29, 1.82) is 0 Å². The van der Waals surface area contributed by atoms with E-state index >= 15 is 0 Å². The molecule has 0 aliphatic carbocycles. The van der Waals surface area contributed by atoms with Gasteiger partial charge in [-0.1, -0.05) is 13.0 Å². The van der Waals surface area contributed by atoms with Crippen LogP contribution < -0.4 is 5.56 Å². The van der Waals surface area contributed by atoms with E-state index in [1.165, 1.54) is 0 Å². The van der Waals surface area contributed by atoms with E-state index in [4.69, 9.17) is 5.11 Å². The lowest BCUT2D eigenvalue weighted by Gasteiger charge is -2.35. The summed E-state index contributed by atoms with van der Waals surface area (Å²) in [4.78, 5) is 24.8. The van der Waals surface area contributed by atoms with Crippen LogP contribution in [0.3, 0.4) is 0 Å². The van der Waals surface area contributed by atoms with Crippen LogP contribution in [0.15, 0.2) is 29.2 Å². The lowest BCUT2D eigenvalue weighted by molar-refractivity contribution is -0.138. The van der Waals surface area contributed by atoms with Crippen molar-refractivity contribution >= 4 is 5.97 Å². The summed E-state index contributed by atoms with van der Waals surface area (Å²) in [7, 11) is 0. The smallest absolute Gasteiger partial charge is 0.303 e. The molecular weight excluding hydrogens is 268 g/mol. The molecule has 1 N–H and O–H groups in total. The van der Waals surface area contributed by atoms with Gasteiger partial charge < -0.3 is 14.6 Å². The first-order chi connectivity index (χ1) is 10.1. The van der Waals surface area contributed by atoms with Crippen molar-refractivity contribution in [2.75, 3.05) is 19.6 Å². The number of hydrogen-bond acceptors (Lipinski definition) is 3. The summed E-state index contributed by atoms with van der Waals surface area (Å²) in [6.45, 7) is 5.55. The van der Waals surface area contributed by atoms with Crippen molar-refractivity contribution in [2.24, 2.45) is 11.8 Å². The van der Waals surface area contributed by atoms with Crippen LogP contribution in [0.5, 0.6) is 0 Å². The van der Waals surface area contributed by atoms with Crippen LogP contribution in [-0.2, 0) is 11.3 Å². The molecule has 1 aromatic rings. The molecule has 0 amide bonds. The number of carboxylic acid groups (broad SMARTS) is 1. The molecule has 2 rings (SSSR count). The van der Waals surface area contributed by atoms with Gasteiger partial charge in [-0.15, -0.1) is 0 Å². The number of likely N-dealkylation sites (tertiary alicyclic amines) is 1. The summed E-state index contributed by atoms with van der Waals surface area (Å²) in [5.74, 6) is -0.0532. The summed E-state index contributed by atoms with van der Waals surface area (Å²) in [6, 6.07) is 5.20. The maximum Gasteiger partial charge on any atom is 0.303 e. The van der Waals surface area contributed by atoms with Gasteiger partial charge in [0, 0.05) is 38.3 Å². The molecule has 0 aromatic carbocycles. The number of hydrogen-bond donors (Lipinski definition) is 1. The van der Waals surface area contributed by atoms with Crippen LogP contribution in [0, 0.1) is 11.8 Å². The molecule has 2 heterocycles. The SMILES string of the molecule is CC(CC(=O)O)C1CCCN(CCn2ccccc2=O)C1. The molecule has 21 heavy (non-hydrogen) atoms. The molecule has 1 aliphatic rings. The maximum atomic E-state index is 11.7. The van der Waals surface area contributed by atoms with Gasteiger partial charge in [-0.2, -0.15) is 0 Å². The normalized spacial score (nSPS) is 21.1. The zero-order chi connectivity index (χ0) is 15.2. The fourth-order valence-corrected chi connectivity index (χ4v) is 3.10. The summed E-state index contributed by atoms with van der Waals surface area (Å²) < 4.78 is 1.73. The molecule has 5 nitrogen and oxygen atoms in total. The standard InChI is InChI=1S/C16H24N2O3/c1-13(11-16(20)21)14-5-4-7-17(12-14)9-10-18-8-3-2-6-15(18)19/h2-3,6,8,13-14H,4-5,7,9-12H2,1H3,(H,20,21). The van der Waals surface area contributed by atoms with Gasteiger partial charge in [-0.05, 0) is 37.3 Å².